The van der Waals surface area contributed by atoms with Gasteiger partial charge in [-0.15, -0.1) is 11.3 Å². The van der Waals surface area contributed by atoms with Gasteiger partial charge in [-0.25, -0.2) is 0 Å². The molecule has 138 valence electrons. The van der Waals surface area contributed by atoms with Crippen LogP contribution in [0.15, 0.2) is 11.5 Å². The molecule has 4 nitrogen and oxygen atoms in total. The maximum absolute atomic E-state index is 12.2. The molecule has 25 heavy (non-hydrogen) atoms. The molecule has 0 amide bonds. The minimum Gasteiger partial charge on any atom is -0.481 e. The molecular formula is C18H22Cl2O4S. The average Bonchev–Trinajstić information content (AvgIpc) is 3.00. The van der Waals surface area contributed by atoms with Crippen LogP contribution in [0.2, 0.25) is 9.36 Å². The minimum absolute atomic E-state index is 0.0928. The molecule has 1 aliphatic rings. The number of hydrogen-bond acceptors (Lipinski definition) is 4. The molecular weight excluding hydrogens is 383 g/mol. The zero-order chi connectivity index (χ0) is 18.4. The standard InChI is InChI=1S/C18H22Cl2O4S/c19-14-10-25-18(20)13(14)8-7-12-11(15(21)9-16(12)22)5-3-1-2-4-6-17(23)24/h7-8,10-12,16,22H,1-6,9H2,(H,23,24). The first-order chi connectivity index (χ1) is 11.9. The average molecular weight is 405 g/mol. The Labute approximate surface area is 161 Å². The van der Waals surface area contributed by atoms with Gasteiger partial charge in [-0.1, -0.05) is 54.6 Å². The predicted octanol–water partition coefficient (Wildman–Crippen LogP) is 5.06. The number of carbonyl (C=O) groups is 2. The number of rotatable bonds is 9. The molecule has 2 rings (SSSR count). The fourth-order valence-corrected chi connectivity index (χ4v) is 4.60. The Morgan fingerprint density at radius 3 is 2.64 bits per heavy atom. The van der Waals surface area contributed by atoms with E-state index in [4.69, 9.17) is 28.3 Å². The van der Waals surface area contributed by atoms with E-state index in [9.17, 15) is 14.7 Å². The summed E-state index contributed by atoms with van der Waals surface area (Å²) in [7, 11) is 0. The van der Waals surface area contributed by atoms with Crippen LogP contribution in [0, 0.1) is 11.8 Å². The van der Waals surface area contributed by atoms with E-state index >= 15 is 0 Å². The smallest absolute Gasteiger partial charge is 0.303 e. The van der Waals surface area contributed by atoms with E-state index in [1.54, 1.807) is 11.5 Å². The second kappa shape index (κ2) is 9.72. The van der Waals surface area contributed by atoms with Crippen molar-refractivity contribution in [3.63, 3.8) is 0 Å². The second-order valence-electron chi connectivity index (χ2n) is 6.40. The summed E-state index contributed by atoms with van der Waals surface area (Å²) in [5.74, 6) is -1.10. The molecule has 1 aromatic heterocycles. The van der Waals surface area contributed by atoms with Gasteiger partial charge in [0.1, 0.15) is 10.1 Å². The Bertz CT molecular complexity index is 622. The number of hydrogen-bond donors (Lipinski definition) is 2. The van der Waals surface area contributed by atoms with Crippen LogP contribution in [0.4, 0.5) is 0 Å². The molecule has 7 heteroatoms. The van der Waals surface area contributed by atoms with Crippen molar-refractivity contribution < 1.29 is 19.8 Å². The van der Waals surface area contributed by atoms with E-state index < -0.39 is 12.1 Å². The number of thiophene rings is 1. The van der Waals surface area contributed by atoms with Crippen molar-refractivity contribution in [1.29, 1.82) is 0 Å². The normalized spacial score (nSPS) is 23.6. The number of aliphatic hydroxyl groups is 1. The lowest BCUT2D eigenvalue weighted by atomic mass is 9.88. The van der Waals surface area contributed by atoms with Crippen LogP contribution >= 0.6 is 34.5 Å². The van der Waals surface area contributed by atoms with Crippen molar-refractivity contribution in [2.45, 2.75) is 51.0 Å². The lowest BCUT2D eigenvalue weighted by Crippen LogP contribution is -2.18. The molecule has 0 radical (unpaired) electrons. The predicted molar refractivity (Wildman–Crippen MR) is 101 cm³/mol. The Balaban J connectivity index is 1.89. The fraction of sp³-hybridized carbons (Fsp3) is 0.556. The van der Waals surface area contributed by atoms with Gasteiger partial charge in [0.25, 0.3) is 0 Å². The molecule has 3 unspecified atom stereocenters. The zero-order valence-corrected chi connectivity index (χ0v) is 16.1. The van der Waals surface area contributed by atoms with Crippen LogP contribution in [0.25, 0.3) is 6.08 Å². The van der Waals surface area contributed by atoms with Crippen molar-refractivity contribution in [3.8, 4) is 0 Å². The highest BCUT2D eigenvalue weighted by Crippen LogP contribution is 2.37. The molecule has 0 aliphatic heterocycles. The Hall–Kier alpha value is -0.880. The van der Waals surface area contributed by atoms with Gasteiger partial charge in [-0.3, -0.25) is 9.59 Å². The van der Waals surface area contributed by atoms with Gasteiger partial charge in [0, 0.05) is 35.6 Å². The van der Waals surface area contributed by atoms with Crippen LogP contribution < -0.4 is 0 Å². The SMILES string of the molecule is O=C(O)CCCCCCC1C(=O)CC(O)C1C=Cc1c(Cl)csc1Cl. The molecule has 1 aliphatic carbocycles. The van der Waals surface area contributed by atoms with Crippen LogP contribution in [0.5, 0.6) is 0 Å². The van der Waals surface area contributed by atoms with Crippen molar-refractivity contribution in [1.82, 2.24) is 0 Å². The molecule has 1 fully saturated rings. The molecule has 0 aromatic carbocycles. The maximum atomic E-state index is 12.2. The third-order valence-electron chi connectivity index (χ3n) is 4.61. The fourth-order valence-electron chi connectivity index (χ4n) is 3.26. The van der Waals surface area contributed by atoms with Crippen molar-refractivity contribution in [3.05, 3.63) is 26.4 Å². The monoisotopic (exact) mass is 404 g/mol. The number of carboxylic acid groups (broad SMARTS) is 1. The summed E-state index contributed by atoms with van der Waals surface area (Å²) in [6, 6.07) is 0. The first kappa shape index (κ1) is 20.4. The number of halogens is 2. The first-order valence-electron chi connectivity index (χ1n) is 8.43. The Kier molecular flexibility index (Phi) is 7.94. The summed E-state index contributed by atoms with van der Waals surface area (Å²) in [5.41, 5.74) is 0.729. The minimum atomic E-state index is -0.773. The quantitative estimate of drug-likeness (QED) is 0.563. The van der Waals surface area contributed by atoms with Crippen molar-refractivity contribution >= 4 is 52.4 Å². The van der Waals surface area contributed by atoms with Gasteiger partial charge in [-0.2, -0.15) is 0 Å². The molecule has 1 saturated carbocycles. The molecule has 3 atom stereocenters. The van der Waals surface area contributed by atoms with Gasteiger partial charge < -0.3 is 10.2 Å². The molecule has 1 aromatic rings. The van der Waals surface area contributed by atoms with E-state index in [2.05, 4.69) is 0 Å². The zero-order valence-electron chi connectivity index (χ0n) is 13.8. The lowest BCUT2D eigenvalue weighted by molar-refractivity contribution is -0.137. The van der Waals surface area contributed by atoms with Crippen LogP contribution in [-0.4, -0.2) is 28.1 Å². The third-order valence-corrected chi connectivity index (χ3v) is 6.30. The van der Waals surface area contributed by atoms with Crippen LogP contribution in [-0.2, 0) is 9.59 Å². The largest absolute Gasteiger partial charge is 0.481 e. The lowest BCUT2D eigenvalue weighted by Gasteiger charge is -2.17. The summed E-state index contributed by atoms with van der Waals surface area (Å²) < 4.78 is 0.593. The van der Waals surface area contributed by atoms with Crippen molar-refractivity contribution in [2.75, 3.05) is 0 Å². The number of Topliss-reactive ketones (excluding diaryl/α,β-unsaturated/α-hetero) is 1. The van der Waals surface area contributed by atoms with Gasteiger partial charge in [0.05, 0.1) is 11.1 Å². The van der Waals surface area contributed by atoms with E-state index in [1.165, 1.54) is 11.3 Å². The number of carboxylic acids is 1. The highest BCUT2D eigenvalue weighted by atomic mass is 35.5. The van der Waals surface area contributed by atoms with E-state index in [-0.39, 0.29) is 30.5 Å². The molecule has 0 saturated heterocycles. The van der Waals surface area contributed by atoms with Gasteiger partial charge in [0.2, 0.25) is 0 Å². The van der Waals surface area contributed by atoms with Gasteiger partial charge in [-0.05, 0) is 12.8 Å². The van der Waals surface area contributed by atoms with Crippen LogP contribution in [0.3, 0.4) is 0 Å². The number of aliphatic carboxylic acids is 1. The topological polar surface area (TPSA) is 74.6 Å². The Morgan fingerprint density at radius 1 is 1.28 bits per heavy atom. The summed E-state index contributed by atoms with van der Waals surface area (Å²) in [4.78, 5) is 22.7. The van der Waals surface area contributed by atoms with Crippen LogP contribution in [0.1, 0.15) is 50.5 Å². The molecule has 2 N–H and O–H groups in total. The van der Waals surface area contributed by atoms with E-state index in [0.717, 1.165) is 24.8 Å². The number of ketones is 1. The van der Waals surface area contributed by atoms with E-state index in [0.29, 0.717) is 22.2 Å². The first-order valence-corrected chi connectivity index (χ1v) is 10.1. The number of unbranched alkanes of at least 4 members (excludes halogenated alkanes) is 3. The maximum Gasteiger partial charge on any atom is 0.303 e. The molecule has 0 bridgehead atoms. The molecule has 0 spiro atoms. The highest BCUT2D eigenvalue weighted by Gasteiger charge is 2.39. The summed E-state index contributed by atoms with van der Waals surface area (Å²) >= 11 is 13.5. The summed E-state index contributed by atoms with van der Waals surface area (Å²) in [6.07, 6.45) is 7.32. The van der Waals surface area contributed by atoms with Gasteiger partial charge >= 0.3 is 5.97 Å². The summed E-state index contributed by atoms with van der Waals surface area (Å²) in [5, 5.41) is 21.1. The number of aliphatic hydroxyl groups excluding tert-OH is 1. The Morgan fingerprint density at radius 2 is 2.00 bits per heavy atom. The molecule has 1 heterocycles. The van der Waals surface area contributed by atoms with E-state index in [1.807, 2.05) is 6.08 Å². The van der Waals surface area contributed by atoms with Gasteiger partial charge in [0.15, 0.2) is 0 Å². The highest BCUT2D eigenvalue weighted by molar-refractivity contribution is 7.15. The third kappa shape index (κ3) is 5.81. The summed E-state index contributed by atoms with van der Waals surface area (Å²) in [6.45, 7) is 0. The van der Waals surface area contributed by atoms with Crippen molar-refractivity contribution in [2.24, 2.45) is 11.8 Å². The number of carbonyl (C=O) groups excluding carboxylic acids is 1. The second-order valence-corrected chi connectivity index (χ2v) is 8.29.